The van der Waals surface area contributed by atoms with E-state index in [1.807, 2.05) is 0 Å². The maximum atomic E-state index is 13.6. The Balaban J connectivity index is 1.84. The van der Waals surface area contributed by atoms with Crippen molar-refractivity contribution in [3.63, 3.8) is 0 Å². The zero-order valence-corrected chi connectivity index (χ0v) is 23.6. The van der Waals surface area contributed by atoms with Gasteiger partial charge in [0.1, 0.15) is 17.5 Å². The lowest BCUT2D eigenvalue weighted by atomic mass is 9.87. The quantitative estimate of drug-likeness (QED) is 0.290. The minimum atomic E-state index is -1.36. The van der Waals surface area contributed by atoms with Crippen LogP contribution in [0.4, 0.5) is 0 Å². The highest BCUT2D eigenvalue weighted by Gasteiger charge is 2.50. The highest BCUT2D eigenvalue weighted by Crippen LogP contribution is 2.34. The van der Waals surface area contributed by atoms with Crippen molar-refractivity contribution in [2.24, 2.45) is 4.99 Å². The molecule has 0 radical (unpaired) electrons. The number of esters is 1. The van der Waals surface area contributed by atoms with Gasteiger partial charge in [0.25, 0.3) is 5.91 Å². The Morgan fingerprint density at radius 3 is 2.50 bits per heavy atom. The number of carbonyl (C=O) groups excluding carboxylic acids is 2. The lowest BCUT2D eigenvalue weighted by molar-refractivity contribution is -0.155. The average Bonchev–Trinajstić information content (AvgIpc) is 3.19. The molecule has 1 heterocycles. The number of nitrogens with one attached hydrogen (secondary N) is 1. The van der Waals surface area contributed by atoms with E-state index in [9.17, 15) is 9.59 Å². The van der Waals surface area contributed by atoms with E-state index in [-0.39, 0.29) is 26.0 Å². The molecule has 0 aromatic heterocycles. The van der Waals surface area contributed by atoms with E-state index in [2.05, 4.69) is 5.32 Å². The number of halogens is 2. The van der Waals surface area contributed by atoms with Gasteiger partial charge in [0.2, 0.25) is 5.90 Å². The number of aliphatic imine (C=N–C) groups is 1. The molecule has 0 spiro atoms. The molecule has 1 aliphatic rings. The van der Waals surface area contributed by atoms with Gasteiger partial charge >= 0.3 is 5.97 Å². The second-order valence-corrected chi connectivity index (χ2v) is 10.9. The SMILES string of the molecule is C[C@H]1OC(c2ccc(OCCCO)cc2)=N[C@@]1(CCC(=O)OC(C)(C)C)C(=O)NCc1ccc(Cl)cc1Cl. The Morgan fingerprint density at radius 1 is 1.16 bits per heavy atom. The molecular formula is C28H34Cl2N2O6. The number of benzene rings is 2. The maximum Gasteiger partial charge on any atom is 0.306 e. The Morgan fingerprint density at radius 2 is 1.87 bits per heavy atom. The van der Waals surface area contributed by atoms with E-state index < -0.39 is 29.1 Å². The number of ether oxygens (including phenoxy) is 3. The summed E-state index contributed by atoms with van der Waals surface area (Å²) in [6, 6.07) is 12.2. The standard InChI is InChI=1S/C28H34Cl2N2O6/c1-18-28(13-12-24(34)38-27(2,3)4,26(35)31-17-20-6-9-21(29)16-23(20)30)32-25(37-18)19-7-10-22(11-8-19)36-15-5-14-33/h6-11,16,18,33H,5,12-15,17H2,1-4H3,(H,31,35)/t18-,28-/m1/s1. The van der Waals surface area contributed by atoms with E-state index in [1.54, 1.807) is 70.2 Å². The van der Waals surface area contributed by atoms with E-state index in [0.717, 1.165) is 0 Å². The molecule has 2 atom stereocenters. The number of amides is 1. The summed E-state index contributed by atoms with van der Waals surface area (Å²) in [6.07, 6.45) is -0.0454. The summed E-state index contributed by atoms with van der Waals surface area (Å²) in [5, 5.41) is 12.8. The second-order valence-electron chi connectivity index (χ2n) is 10.1. The predicted octanol–water partition coefficient (Wildman–Crippen LogP) is 5.10. The lowest BCUT2D eigenvalue weighted by Gasteiger charge is -2.28. The minimum absolute atomic E-state index is 0.0193. The number of hydrogen-bond donors (Lipinski definition) is 2. The molecule has 8 nitrogen and oxygen atoms in total. The third-order valence-corrected chi connectivity index (χ3v) is 6.50. The van der Waals surface area contributed by atoms with E-state index in [1.165, 1.54) is 0 Å². The third-order valence-electron chi connectivity index (χ3n) is 5.91. The van der Waals surface area contributed by atoms with Crippen molar-refractivity contribution in [3.05, 3.63) is 63.6 Å². The molecular weight excluding hydrogens is 531 g/mol. The molecule has 0 saturated carbocycles. The van der Waals surface area contributed by atoms with E-state index in [4.69, 9.17) is 47.5 Å². The van der Waals surface area contributed by atoms with Gasteiger partial charge in [-0.15, -0.1) is 0 Å². The van der Waals surface area contributed by atoms with Crippen LogP contribution in [0.3, 0.4) is 0 Å². The summed E-state index contributed by atoms with van der Waals surface area (Å²) in [6.45, 7) is 7.73. The van der Waals surface area contributed by atoms with Crippen LogP contribution in [-0.2, 0) is 25.6 Å². The molecule has 0 bridgehead atoms. The molecule has 206 valence electrons. The zero-order valence-electron chi connectivity index (χ0n) is 22.1. The van der Waals surface area contributed by atoms with Crippen molar-refractivity contribution in [2.75, 3.05) is 13.2 Å². The van der Waals surface area contributed by atoms with Crippen LogP contribution < -0.4 is 10.1 Å². The van der Waals surface area contributed by atoms with Gasteiger partial charge in [-0.05, 0) is 76.1 Å². The fourth-order valence-corrected chi connectivity index (χ4v) is 4.41. The number of aliphatic hydroxyl groups is 1. The first-order chi connectivity index (χ1) is 17.9. The molecule has 10 heteroatoms. The minimum Gasteiger partial charge on any atom is -0.494 e. The Labute approximate surface area is 233 Å². The molecule has 2 aromatic carbocycles. The normalized spacial score (nSPS) is 18.9. The molecule has 3 rings (SSSR count). The van der Waals surface area contributed by atoms with Crippen LogP contribution in [0.25, 0.3) is 0 Å². The smallest absolute Gasteiger partial charge is 0.306 e. The number of aliphatic hydroxyl groups excluding tert-OH is 1. The Hall–Kier alpha value is -2.81. The summed E-state index contributed by atoms with van der Waals surface area (Å²) in [4.78, 5) is 30.9. The topological polar surface area (TPSA) is 106 Å². The van der Waals surface area contributed by atoms with Gasteiger partial charge in [-0.2, -0.15) is 0 Å². The van der Waals surface area contributed by atoms with Crippen LogP contribution in [0, 0.1) is 0 Å². The van der Waals surface area contributed by atoms with Gasteiger partial charge in [-0.1, -0.05) is 29.3 Å². The lowest BCUT2D eigenvalue weighted by Crippen LogP contribution is -2.51. The maximum absolute atomic E-state index is 13.6. The summed E-state index contributed by atoms with van der Waals surface area (Å²) < 4.78 is 17.1. The summed E-state index contributed by atoms with van der Waals surface area (Å²) in [7, 11) is 0. The summed E-state index contributed by atoms with van der Waals surface area (Å²) >= 11 is 12.3. The van der Waals surface area contributed by atoms with Crippen molar-refractivity contribution in [1.82, 2.24) is 5.32 Å². The average molecular weight is 565 g/mol. The van der Waals surface area contributed by atoms with Crippen LogP contribution in [0.2, 0.25) is 10.0 Å². The number of nitrogens with zero attached hydrogens (tertiary/aromatic N) is 1. The highest BCUT2D eigenvalue weighted by molar-refractivity contribution is 6.35. The third kappa shape index (κ3) is 7.85. The van der Waals surface area contributed by atoms with Gasteiger partial charge in [-0.3, -0.25) is 9.59 Å². The molecule has 0 fully saturated rings. The molecule has 1 aliphatic heterocycles. The molecule has 0 aliphatic carbocycles. The van der Waals surface area contributed by atoms with Crippen molar-refractivity contribution in [3.8, 4) is 5.75 Å². The van der Waals surface area contributed by atoms with Crippen LogP contribution in [-0.4, -0.2) is 53.3 Å². The fourth-order valence-electron chi connectivity index (χ4n) is 3.93. The van der Waals surface area contributed by atoms with Crippen molar-refractivity contribution in [2.45, 2.75) is 70.7 Å². The van der Waals surface area contributed by atoms with Crippen LogP contribution >= 0.6 is 23.2 Å². The number of hydrogen-bond acceptors (Lipinski definition) is 7. The molecule has 38 heavy (non-hydrogen) atoms. The Bertz CT molecular complexity index is 1160. The van der Waals surface area contributed by atoms with Gasteiger partial charge < -0.3 is 24.6 Å². The second kappa shape index (κ2) is 12.8. The first kappa shape index (κ1) is 29.7. The van der Waals surface area contributed by atoms with E-state index >= 15 is 0 Å². The largest absolute Gasteiger partial charge is 0.494 e. The molecule has 0 saturated heterocycles. The Kier molecular flexibility index (Phi) is 10.0. The fraction of sp³-hybridized carbons (Fsp3) is 0.464. The van der Waals surface area contributed by atoms with Crippen molar-refractivity contribution >= 4 is 41.0 Å². The van der Waals surface area contributed by atoms with Gasteiger partial charge in [0.05, 0.1) is 6.61 Å². The zero-order chi connectivity index (χ0) is 27.9. The molecule has 2 N–H and O–H groups in total. The van der Waals surface area contributed by atoms with Gasteiger partial charge in [0, 0.05) is 41.6 Å². The molecule has 0 unspecified atom stereocenters. The predicted molar refractivity (Wildman–Crippen MR) is 147 cm³/mol. The van der Waals surface area contributed by atoms with E-state index in [0.29, 0.717) is 45.8 Å². The number of rotatable bonds is 11. The van der Waals surface area contributed by atoms with Gasteiger partial charge in [-0.25, -0.2) is 4.99 Å². The monoisotopic (exact) mass is 564 g/mol. The summed E-state index contributed by atoms with van der Waals surface area (Å²) in [5.74, 6) is 0.120. The first-order valence-corrected chi connectivity index (χ1v) is 13.2. The molecule has 1 amide bonds. The van der Waals surface area contributed by atoms with Crippen molar-refractivity contribution < 1.29 is 28.9 Å². The van der Waals surface area contributed by atoms with Crippen LogP contribution in [0.5, 0.6) is 5.75 Å². The molecule has 2 aromatic rings. The first-order valence-electron chi connectivity index (χ1n) is 12.5. The van der Waals surface area contributed by atoms with Crippen molar-refractivity contribution in [1.29, 1.82) is 0 Å². The summed E-state index contributed by atoms with van der Waals surface area (Å²) in [5.41, 5.74) is -0.648. The van der Waals surface area contributed by atoms with Crippen LogP contribution in [0.15, 0.2) is 47.5 Å². The van der Waals surface area contributed by atoms with Crippen LogP contribution in [0.1, 0.15) is 58.1 Å². The number of carbonyl (C=O) groups is 2. The van der Waals surface area contributed by atoms with Gasteiger partial charge in [0.15, 0.2) is 5.54 Å². The highest BCUT2D eigenvalue weighted by atomic mass is 35.5.